The molecule has 0 aliphatic carbocycles. The standard InChI is InChI=1S/C18H16O3S/c1-11(2)21-15-6-3-12(4-7-15)13-5-8-16-14(9-13)10-17(22-16)18(19)20/h3-11H,1-2H3,(H,19,20). The van der Waals surface area contributed by atoms with E-state index in [9.17, 15) is 4.79 Å². The fraction of sp³-hybridized carbons (Fsp3) is 0.167. The van der Waals surface area contributed by atoms with Crippen molar-refractivity contribution < 1.29 is 14.6 Å². The van der Waals surface area contributed by atoms with Gasteiger partial charge in [-0.05, 0) is 60.7 Å². The van der Waals surface area contributed by atoms with Gasteiger partial charge in [0.15, 0.2) is 0 Å². The fourth-order valence-corrected chi connectivity index (χ4v) is 3.21. The number of carboxylic acid groups (broad SMARTS) is 1. The number of carboxylic acids is 1. The van der Waals surface area contributed by atoms with E-state index in [0.29, 0.717) is 4.88 Å². The van der Waals surface area contributed by atoms with E-state index >= 15 is 0 Å². The molecule has 0 aliphatic heterocycles. The minimum absolute atomic E-state index is 0.155. The molecule has 0 saturated heterocycles. The van der Waals surface area contributed by atoms with Crippen LogP contribution in [0.25, 0.3) is 21.2 Å². The van der Waals surface area contributed by atoms with Crippen LogP contribution >= 0.6 is 11.3 Å². The minimum Gasteiger partial charge on any atom is -0.491 e. The van der Waals surface area contributed by atoms with E-state index in [-0.39, 0.29) is 6.10 Å². The third-order valence-corrected chi connectivity index (χ3v) is 4.39. The molecule has 112 valence electrons. The number of aromatic carboxylic acids is 1. The number of benzene rings is 2. The lowest BCUT2D eigenvalue weighted by Crippen LogP contribution is -2.05. The molecule has 0 bridgehead atoms. The van der Waals surface area contributed by atoms with Crippen molar-refractivity contribution in [3.63, 3.8) is 0 Å². The van der Waals surface area contributed by atoms with E-state index in [1.807, 2.05) is 56.3 Å². The molecular formula is C18H16O3S. The Balaban J connectivity index is 1.94. The van der Waals surface area contributed by atoms with E-state index < -0.39 is 5.97 Å². The largest absolute Gasteiger partial charge is 0.491 e. The zero-order valence-corrected chi connectivity index (χ0v) is 13.2. The highest BCUT2D eigenvalue weighted by Crippen LogP contribution is 2.31. The zero-order chi connectivity index (χ0) is 15.7. The van der Waals surface area contributed by atoms with E-state index in [1.54, 1.807) is 6.07 Å². The molecule has 4 heteroatoms. The van der Waals surface area contributed by atoms with Crippen LogP contribution in [0.3, 0.4) is 0 Å². The van der Waals surface area contributed by atoms with Gasteiger partial charge in [-0.25, -0.2) is 4.79 Å². The first-order valence-electron chi connectivity index (χ1n) is 7.07. The van der Waals surface area contributed by atoms with Gasteiger partial charge in [0.05, 0.1) is 6.10 Å². The van der Waals surface area contributed by atoms with Crippen molar-refractivity contribution in [2.24, 2.45) is 0 Å². The smallest absolute Gasteiger partial charge is 0.345 e. The van der Waals surface area contributed by atoms with Gasteiger partial charge < -0.3 is 9.84 Å². The molecule has 1 N–H and O–H groups in total. The molecule has 3 aromatic rings. The van der Waals surface area contributed by atoms with Crippen molar-refractivity contribution in [2.45, 2.75) is 20.0 Å². The SMILES string of the molecule is CC(C)Oc1ccc(-c2ccc3sc(C(=O)O)cc3c2)cc1. The molecule has 0 amide bonds. The Kier molecular flexibility index (Phi) is 3.86. The Morgan fingerprint density at radius 2 is 1.73 bits per heavy atom. The summed E-state index contributed by atoms with van der Waals surface area (Å²) in [5.74, 6) is -0.0264. The Hall–Kier alpha value is -2.33. The van der Waals surface area contributed by atoms with Crippen molar-refractivity contribution in [3.05, 3.63) is 53.4 Å². The van der Waals surface area contributed by atoms with Crippen LogP contribution in [0.2, 0.25) is 0 Å². The first kappa shape index (κ1) is 14.6. The predicted molar refractivity (Wildman–Crippen MR) is 90.0 cm³/mol. The molecule has 0 atom stereocenters. The number of hydrogen-bond acceptors (Lipinski definition) is 3. The van der Waals surface area contributed by atoms with Crippen LogP contribution in [0, 0.1) is 0 Å². The highest BCUT2D eigenvalue weighted by atomic mass is 32.1. The lowest BCUT2D eigenvalue weighted by molar-refractivity contribution is 0.0702. The summed E-state index contributed by atoms with van der Waals surface area (Å²) in [5, 5.41) is 10.0. The van der Waals surface area contributed by atoms with E-state index in [1.165, 1.54) is 11.3 Å². The second-order valence-electron chi connectivity index (χ2n) is 5.36. The summed E-state index contributed by atoms with van der Waals surface area (Å²) in [5.41, 5.74) is 2.15. The topological polar surface area (TPSA) is 46.5 Å². The van der Waals surface area contributed by atoms with Crippen LogP contribution in [0.15, 0.2) is 48.5 Å². The average molecular weight is 312 g/mol. The van der Waals surface area contributed by atoms with Gasteiger partial charge in [-0.2, -0.15) is 0 Å². The summed E-state index contributed by atoms with van der Waals surface area (Å²) in [6.07, 6.45) is 0.155. The van der Waals surface area contributed by atoms with Gasteiger partial charge in [0.1, 0.15) is 10.6 Å². The summed E-state index contributed by atoms with van der Waals surface area (Å²) >= 11 is 1.30. The van der Waals surface area contributed by atoms with Crippen LogP contribution in [-0.2, 0) is 0 Å². The summed E-state index contributed by atoms with van der Waals surface area (Å²) in [6, 6.07) is 15.7. The van der Waals surface area contributed by atoms with Gasteiger partial charge in [-0.15, -0.1) is 11.3 Å². The molecular weight excluding hydrogens is 296 g/mol. The van der Waals surface area contributed by atoms with E-state index in [2.05, 4.69) is 0 Å². The van der Waals surface area contributed by atoms with Gasteiger partial charge in [0.2, 0.25) is 0 Å². The number of carbonyl (C=O) groups is 1. The lowest BCUT2D eigenvalue weighted by atomic mass is 10.0. The van der Waals surface area contributed by atoms with Gasteiger partial charge in [-0.1, -0.05) is 18.2 Å². The third kappa shape index (κ3) is 2.97. The molecule has 0 unspecified atom stereocenters. The lowest BCUT2D eigenvalue weighted by Gasteiger charge is -2.10. The number of ether oxygens (including phenoxy) is 1. The van der Waals surface area contributed by atoms with Gasteiger partial charge in [0, 0.05) is 4.70 Å². The number of hydrogen-bond donors (Lipinski definition) is 1. The zero-order valence-electron chi connectivity index (χ0n) is 12.4. The Morgan fingerprint density at radius 3 is 2.36 bits per heavy atom. The predicted octanol–water partition coefficient (Wildman–Crippen LogP) is 5.05. The summed E-state index contributed by atoms with van der Waals surface area (Å²) in [7, 11) is 0. The molecule has 3 rings (SSSR count). The number of rotatable bonds is 4. The summed E-state index contributed by atoms with van der Waals surface area (Å²) in [6.45, 7) is 4.00. The molecule has 0 spiro atoms. The van der Waals surface area contributed by atoms with Crippen LogP contribution in [0.4, 0.5) is 0 Å². The van der Waals surface area contributed by atoms with Gasteiger partial charge >= 0.3 is 5.97 Å². The maximum Gasteiger partial charge on any atom is 0.345 e. The molecule has 22 heavy (non-hydrogen) atoms. The van der Waals surface area contributed by atoms with Gasteiger partial charge in [0.25, 0.3) is 0 Å². The van der Waals surface area contributed by atoms with Crippen molar-refractivity contribution in [3.8, 4) is 16.9 Å². The van der Waals surface area contributed by atoms with Crippen LogP contribution < -0.4 is 4.74 Å². The van der Waals surface area contributed by atoms with Gasteiger partial charge in [-0.3, -0.25) is 0 Å². The number of fused-ring (bicyclic) bond motifs is 1. The molecule has 2 aromatic carbocycles. The molecule has 1 heterocycles. The molecule has 0 saturated carbocycles. The summed E-state index contributed by atoms with van der Waals surface area (Å²) < 4.78 is 6.63. The van der Waals surface area contributed by atoms with Crippen molar-refractivity contribution in [1.82, 2.24) is 0 Å². The maximum absolute atomic E-state index is 11.0. The first-order valence-corrected chi connectivity index (χ1v) is 7.88. The van der Waals surface area contributed by atoms with Crippen LogP contribution in [0.5, 0.6) is 5.75 Å². The van der Waals surface area contributed by atoms with Crippen molar-refractivity contribution in [2.75, 3.05) is 0 Å². The van der Waals surface area contributed by atoms with Crippen molar-refractivity contribution >= 4 is 27.4 Å². The quantitative estimate of drug-likeness (QED) is 0.733. The van der Waals surface area contributed by atoms with Crippen molar-refractivity contribution in [1.29, 1.82) is 0 Å². The maximum atomic E-state index is 11.0. The Labute approximate surface area is 132 Å². The summed E-state index contributed by atoms with van der Waals surface area (Å²) in [4.78, 5) is 11.4. The molecule has 1 aromatic heterocycles. The van der Waals surface area contributed by atoms with Crippen LogP contribution in [-0.4, -0.2) is 17.2 Å². The Bertz CT molecular complexity index is 816. The first-order chi connectivity index (χ1) is 10.5. The third-order valence-electron chi connectivity index (χ3n) is 3.29. The molecule has 0 radical (unpaired) electrons. The average Bonchev–Trinajstić information content (AvgIpc) is 2.90. The molecule has 0 fully saturated rings. The monoisotopic (exact) mass is 312 g/mol. The fourth-order valence-electron chi connectivity index (χ4n) is 2.33. The molecule has 0 aliphatic rings. The number of thiophene rings is 1. The highest BCUT2D eigenvalue weighted by molar-refractivity contribution is 7.20. The minimum atomic E-state index is -0.877. The second kappa shape index (κ2) is 5.81. The molecule has 3 nitrogen and oxygen atoms in total. The van der Waals surface area contributed by atoms with E-state index in [0.717, 1.165) is 27.0 Å². The Morgan fingerprint density at radius 1 is 1.05 bits per heavy atom. The van der Waals surface area contributed by atoms with Crippen LogP contribution in [0.1, 0.15) is 23.5 Å². The van der Waals surface area contributed by atoms with E-state index in [4.69, 9.17) is 9.84 Å². The second-order valence-corrected chi connectivity index (χ2v) is 6.44. The normalized spacial score (nSPS) is 11.0. The highest BCUT2D eigenvalue weighted by Gasteiger charge is 2.09.